The molecular formula is C11H16OS. The van der Waals surface area contributed by atoms with E-state index in [4.69, 9.17) is 0 Å². The second kappa shape index (κ2) is 4.56. The minimum absolute atomic E-state index is 0.170. The maximum atomic E-state index is 11.8. The topological polar surface area (TPSA) is 17.1 Å². The Labute approximate surface area is 83.8 Å². The Morgan fingerprint density at radius 2 is 2.23 bits per heavy atom. The monoisotopic (exact) mass is 196 g/mol. The minimum Gasteiger partial charge on any atom is -0.293 e. The van der Waals surface area contributed by atoms with Gasteiger partial charge < -0.3 is 0 Å². The molecule has 1 aromatic heterocycles. The number of carbonyl (C=O) groups is 1. The molecule has 0 aromatic carbocycles. The van der Waals surface area contributed by atoms with Crippen LogP contribution in [0.2, 0.25) is 0 Å². The van der Waals surface area contributed by atoms with Crippen LogP contribution < -0.4 is 0 Å². The van der Waals surface area contributed by atoms with Crippen molar-refractivity contribution in [2.75, 3.05) is 0 Å². The summed E-state index contributed by atoms with van der Waals surface area (Å²) in [6.45, 7) is 6.15. The normalized spacial score (nSPS) is 12.8. The maximum absolute atomic E-state index is 11.8. The van der Waals surface area contributed by atoms with Crippen molar-refractivity contribution in [1.29, 1.82) is 0 Å². The lowest BCUT2D eigenvalue weighted by Crippen LogP contribution is -2.10. The zero-order valence-electron chi connectivity index (χ0n) is 8.46. The molecule has 0 saturated heterocycles. The van der Waals surface area contributed by atoms with Crippen molar-refractivity contribution in [2.24, 2.45) is 5.92 Å². The first-order valence-corrected chi connectivity index (χ1v) is 5.69. The van der Waals surface area contributed by atoms with E-state index in [1.807, 2.05) is 12.3 Å². The second-order valence-electron chi connectivity index (χ2n) is 3.30. The molecule has 0 amide bonds. The van der Waals surface area contributed by atoms with Crippen LogP contribution in [-0.2, 0) is 6.42 Å². The van der Waals surface area contributed by atoms with Crippen LogP contribution >= 0.6 is 11.3 Å². The van der Waals surface area contributed by atoms with Gasteiger partial charge in [0.25, 0.3) is 0 Å². The van der Waals surface area contributed by atoms with E-state index in [0.717, 1.165) is 17.7 Å². The molecule has 0 radical (unpaired) electrons. The van der Waals surface area contributed by atoms with Crippen LogP contribution in [-0.4, -0.2) is 5.78 Å². The van der Waals surface area contributed by atoms with E-state index in [9.17, 15) is 4.79 Å². The molecule has 1 atom stereocenters. The second-order valence-corrected chi connectivity index (χ2v) is 4.22. The molecule has 1 rings (SSSR count). The van der Waals surface area contributed by atoms with E-state index >= 15 is 0 Å². The zero-order chi connectivity index (χ0) is 9.84. The molecule has 0 aliphatic rings. The molecule has 1 unspecified atom stereocenters. The fraction of sp³-hybridized carbons (Fsp3) is 0.545. The van der Waals surface area contributed by atoms with Crippen LogP contribution in [0.25, 0.3) is 0 Å². The van der Waals surface area contributed by atoms with Crippen LogP contribution in [0.4, 0.5) is 0 Å². The third-order valence-corrected chi connectivity index (χ3v) is 3.38. The van der Waals surface area contributed by atoms with E-state index in [-0.39, 0.29) is 5.92 Å². The molecule has 2 heteroatoms. The van der Waals surface area contributed by atoms with Crippen molar-refractivity contribution < 1.29 is 4.79 Å². The number of ketones is 1. The van der Waals surface area contributed by atoms with Gasteiger partial charge in [-0.3, -0.25) is 4.79 Å². The summed E-state index contributed by atoms with van der Waals surface area (Å²) in [4.78, 5) is 12.8. The van der Waals surface area contributed by atoms with E-state index in [1.54, 1.807) is 11.3 Å². The first-order valence-electron chi connectivity index (χ1n) is 4.81. The number of thiophene rings is 1. The Kier molecular flexibility index (Phi) is 3.67. The molecule has 0 N–H and O–H groups in total. The fourth-order valence-electron chi connectivity index (χ4n) is 1.24. The third kappa shape index (κ3) is 2.19. The summed E-state index contributed by atoms with van der Waals surface area (Å²) in [6.07, 6.45) is 1.89. The van der Waals surface area contributed by atoms with Gasteiger partial charge in [-0.1, -0.05) is 20.8 Å². The first kappa shape index (κ1) is 10.5. The summed E-state index contributed by atoms with van der Waals surface area (Å²) in [6, 6.07) is 2.06. The number of hydrogen-bond donors (Lipinski definition) is 0. The summed E-state index contributed by atoms with van der Waals surface area (Å²) in [7, 11) is 0. The minimum atomic E-state index is 0.170. The molecule has 1 heterocycles. The fourth-order valence-corrected chi connectivity index (χ4v) is 2.29. The molecule has 1 aromatic rings. The lowest BCUT2D eigenvalue weighted by molar-refractivity contribution is 0.0930. The number of carbonyl (C=O) groups excluding carboxylic acids is 1. The van der Waals surface area contributed by atoms with Gasteiger partial charge in [-0.2, -0.15) is 0 Å². The number of rotatable bonds is 4. The molecule has 1 nitrogen and oxygen atoms in total. The van der Waals surface area contributed by atoms with Crippen LogP contribution in [0.3, 0.4) is 0 Å². The van der Waals surface area contributed by atoms with Crippen LogP contribution in [0.5, 0.6) is 0 Å². The van der Waals surface area contributed by atoms with Crippen molar-refractivity contribution in [3.8, 4) is 0 Å². The van der Waals surface area contributed by atoms with Gasteiger partial charge in [-0.05, 0) is 29.9 Å². The van der Waals surface area contributed by atoms with Crippen molar-refractivity contribution >= 4 is 17.1 Å². The maximum Gasteiger partial charge on any atom is 0.175 e. The van der Waals surface area contributed by atoms with Crippen LogP contribution in [0.1, 0.15) is 42.4 Å². The lowest BCUT2D eigenvalue weighted by atomic mass is 10.00. The predicted octanol–water partition coefficient (Wildman–Crippen LogP) is 3.54. The standard InChI is InChI=1S/C11H16OS/c1-4-8(3)10(12)11-9(5-2)6-7-13-11/h6-8H,4-5H2,1-3H3. The van der Waals surface area contributed by atoms with Crippen molar-refractivity contribution in [1.82, 2.24) is 0 Å². The highest BCUT2D eigenvalue weighted by Crippen LogP contribution is 2.22. The summed E-state index contributed by atoms with van der Waals surface area (Å²) in [5.41, 5.74) is 1.20. The SMILES string of the molecule is CCc1ccsc1C(=O)C(C)CC. The number of Topliss-reactive ketones (excluding diaryl/α,β-unsaturated/α-hetero) is 1. The summed E-state index contributed by atoms with van der Waals surface area (Å²) < 4.78 is 0. The largest absolute Gasteiger partial charge is 0.293 e. The van der Waals surface area contributed by atoms with E-state index in [0.29, 0.717) is 5.78 Å². The zero-order valence-corrected chi connectivity index (χ0v) is 9.28. The molecule has 0 bridgehead atoms. The Balaban J connectivity index is 2.88. The van der Waals surface area contributed by atoms with Crippen molar-refractivity contribution in [3.05, 3.63) is 21.9 Å². The van der Waals surface area contributed by atoms with Gasteiger partial charge in [-0.15, -0.1) is 11.3 Å². The molecule has 0 saturated carbocycles. The van der Waals surface area contributed by atoms with Gasteiger partial charge >= 0.3 is 0 Å². The predicted molar refractivity (Wildman–Crippen MR) is 57.5 cm³/mol. The highest BCUT2D eigenvalue weighted by molar-refractivity contribution is 7.12. The summed E-state index contributed by atoms with van der Waals surface area (Å²) >= 11 is 1.58. The Morgan fingerprint density at radius 1 is 1.54 bits per heavy atom. The number of hydrogen-bond acceptors (Lipinski definition) is 2. The van der Waals surface area contributed by atoms with Crippen molar-refractivity contribution in [3.63, 3.8) is 0 Å². The van der Waals surface area contributed by atoms with Gasteiger partial charge in [0.2, 0.25) is 0 Å². The van der Waals surface area contributed by atoms with Gasteiger partial charge in [0, 0.05) is 5.92 Å². The molecule has 72 valence electrons. The molecule has 0 aliphatic heterocycles. The Hall–Kier alpha value is -0.630. The molecule has 0 aliphatic carbocycles. The Bertz CT molecular complexity index is 288. The van der Waals surface area contributed by atoms with E-state index in [2.05, 4.69) is 19.9 Å². The average molecular weight is 196 g/mol. The number of aryl methyl sites for hydroxylation is 1. The Morgan fingerprint density at radius 3 is 2.77 bits per heavy atom. The van der Waals surface area contributed by atoms with Gasteiger partial charge in [-0.25, -0.2) is 0 Å². The molecule has 0 fully saturated rings. The third-order valence-electron chi connectivity index (χ3n) is 2.41. The lowest BCUT2D eigenvalue weighted by Gasteiger charge is -2.06. The highest BCUT2D eigenvalue weighted by atomic mass is 32.1. The first-order chi connectivity index (χ1) is 6.20. The van der Waals surface area contributed by atoms with Gasteiger partial charge in [0.05, 0.1) is 4.88 Å². The summed E-state index contributed by atoms with van der Waals surface area (Å²) in [5, 5.41) is 2.01. The van der Waals surface area contributed by atoms with Gasteiger partial charge in [0.1, 0.15) is 0 Å². The average Bonchev–Trinajstić information content (AvgIpc) is 2.62. The van der Waals surface area contributed by atoms with Gasteiger partial charge in [0.15, 0.2) is 5.78 Å². The van der Waals surface area contributed by atoms with Crippen LogP contribution in [0, 0.1) is 5.92 Å². The summed E-state index contributed by atoms with van der Waals surface area (Å²) in [5.74, 6) is 0.485. The quantitative estimate of drug-likeness (QED) is 0.673. The van der Waals surface area contributed by atoms with Crippen molar-refractivity contribution in [2.45, 2.75) is 33.6 Å². The highest BCUT2D eigenvalue weighted by Gasteiger charge is 2.17. The van der Waals surface area contributed by atoms with E-state index in [1.165, 1.54) is 5.56 Å². The van der Waals surface area contributed by atoms with E-state index < -0.39 is 0 Å². The van der Waals surface area contributed by atoms with Crippen LogP contribution in [0.15, 0.2) is 11.4 Å². The molecule has 13 heavy (non-hydrogen) atoms. The molecular weight excluding hydrogens is 180 g/mol. The smallest absolute Gasteiger partial charge is 0.175 e. The molecule has 0 spiro atoms.